The standard InChI is InChI=1S/C16H19N3O3/c1-16(2,3)17-15(20)11-8-12(19(4)18-11)10-5-6-13-14(7-10)22-9-21-13/h5-8H,9H2,1-4H3,(H,17,20). The van der Waals surface area contributed by atoms with Crippen LogP contribution in [-0.4, -0.2) is 28.0 Å². The van der Waals surface area contributed by atoms with Gasteiger partial charge in [0.2, 0.25) is 6.79 Å². The molecule has 6 heteroatoms. The summed E-state index contributed by atoms with van der Waals surface area (Å²) in [7, 11) is 1.81. The zero-order chi connectivity index (χ0) is 15.9. The molecule has 22 heavy (non-hydrogen) atoms. The van der Waals surface area contributed by atoms with Gasteiger partial charge in [-0.25, -0.2) is 0 Å². The number of hydrogen-bond donors (Lipinski definition) is 1. The minimum Gasteiger partial charge on any atom is -0.454 e. The Morgan fingerprint density at radius 3 is 2.68 bits per heavy atom. The molecule has 3 rings (SSSR count). The minimum absolute atomic E-state index is 0.185. The zero-order valence-electron chi connectivity index (χ0n) is 13.1. The van der Waals surface area contributed by atoms with Crippen LogP contribution in [0.4, 0.5) is 0 Å². The summed E-state index contributed by atoms with van der Waals surface area (Å²) in [5.74, 6) is 1.26. The summed E-state index contributed by atoms with van der Waals surface area (Å²) in [4.78, 5) is 12.2. The number of aromatic nitrogens is 2. The van der Waals surface area contributed by atoms with E-state index in [4.69, 9.17) is 9.47 Å². The van der Waals surface area contributed by atoms with Crippen LogP contribution in [0.2, 0.25) is 0 Å². The molecule has 6 nitrogen and oxygen atoms in total. The van der Waals surface area contributed by atoms with E-state index in [-0.39, 0.29) is 18.2 Å². The molecule has 1 N–H and O–H groups in total. The number of carbonyl (C=O) groups is 1. The monoisotopic (exact) mass is 301 g/mol. The zero-order valence-corrected chi connectivity index (χ0v) is 13.1. The molecule has 1 amide bonds. The Labute approximate surface area is 129 Å². The maximum absolute atomic E-state index is 12.2. The normalized spacial score (nSPS) is 13.3. The number of carbonyl (C=O) groups excluding carboxylic acids is 1. The maximum atomic E-state index is 12.2. The minimum atomic E-state index is -0.298. The highest BCUT2D eigenvalue weighted by atomic mass is 16.7. The number of amides is 1. The molecule has 0 bridgehead atoms. The molecule has 0 aliphatic carbocycles. The van der Waals surface area contributed by atoms with E-state index in [0.29, 0.717) is 11.4 Å². The summed E-state index contributed by atoms with van der Waals surface area (Å²) in [6, 6.07) is 7.46. The van der Waals surface area contributed by atoms with Crippen molar-refractivity contribution >= 4 is 5.91 Å². The summed E-state index contributed by atoms with van der Waals surface area (Å²) in [5.41, 5.74) is 1.87. The predicted molar refractivity (Wildman–Crippen MR) is 82.0 cm³/mol. The summed E-state index contributed by atoms with van der Waals surface area (Å²) in [5, 5.41) is 7.21. The van der Waals surface area contributed by atoms with E-state index >= 15 is 0 Å². The van der Waals surface area contributed by atoms with Gasteiger partial charge in [-0.2, -0.15) is 5.10 Å². The van der Waals surface area contributed by atoms with Gasteiger partial charge in [-0.05, 0) is 45.0 Å². The smallest absolute Gasteiger partial charge is 0.272 e. The van der Waals surface area contributed by atoms with E-state index in [2.05, 4.69) is 10.4 Å². The van der Waals surface area contributed by atoms with Gasteiger partial charge < -0.3 is 14.8 Å². The Bertz CT molecular complexity index is 729. The van der Waals surface area contributed by atoms with Gasteiger partial charge in [0.05, 0.1) is 5.69 Å². The van der Waals surface area contributed by atoms with Gasteiger partial charge in [0.25, 0.3) is 5.91 Å². The lowest BCUT2D eigenvalue weighted by Crippen LogP contribution is -2.40. The highest BCUT2D eigenvalue weighted by Crippen LogP contribution is 2.35. The van der Waals surface area contributed by atoms with Gasteiger partial charge in [0, 0.05) is 18.2 Å². The Balaban J connectivity index is 1.91. The molecule has 0 unspecified atom stereocenters. The molecule has 0 atom stereocenters. The molecule has 0 saturated carbocycles. The first kappa shape index (κ1) is 14.4. The van der Waals surface area contributed by atoms with Gasteiger partial charge in [0.1, 0.15) is 0 Å². The second-order valence-corrected chi connectivity index (χ2v) is 6.31. The van der Waals surface area contributed by atoms with E-state index in [1.54, 1.807) is 10.7 Å². The molecule has 2 heterocycles. The fourth-order valence-corrected chi connectivity index (χ4v) is 2.31. The lowest BCUT2D eigenvalue weighted by molar-refractivity contribution is 0.0913. The molecule has 0 radical (unpaired) electrons. The van der Waals surface area contributed by atoms with Crippen molar-refractivity contribution in [3.8, 4) is 22.8 Å². The predicted octanol–water partition coefficient (Wildman–Crippen LogP) is 2.34. The van der Waals surface area contributed by atoms with Crippen LogP contribution >= 0.6 is 0 Å². The Morgan fingerprint density at radius 2 is 1.95 bits per heavy atom. The maximum Gasteiger partial charge on any atom is 0.272 e. The van der Waals surface area contributed by atoms with Gasteiger partial charge in [-0.15, -0.1) is 0 Å². The van der Waals surface area contributed by atoms with Crippen LogP contribution in [0.1, 0.15) is 31.3 Å². The van der Waals surface area contributed by atoms with Crippen molar-refractivity contribution < 1.29 is 14.3 Å². The molecule has 1 aromatic carbocycles. The third-order valence-electron chi connectivity index (χ3n) is 3.27. The highest BCUT2D eigenvalue weighted by molar-refractivity contribution is 5.93. The van der Waals surface area contributed by atoms with Crippen LogP contribution < -0.4 is 14.8 Å². The number of ether oxygens (including phenoxy) is 2. The van der Waals surface area contributed by atoms with Crippen LogP contribution in [0.15, 0.2) is 24.3 Å². The topological polar surface area (TPSA) is 65.4 Å². The second-order valence-electron chi connectivity index (χ2n) is 6.31. The molecule has 0 saturated heterocycles. The van der Waals surface area contributed by atoms with Crippen molar-refractivity contribution in [2.75, 3.05) is 6.79 Å². The van der Waals surface area contributed by atoms with Crippen LogP contribution in [0, 0.1) is 0 Å². The lowest BCUT2D eigenvalue weighted by Gasteiger charge is -2.19. The van der Waals surface area contributed by atoms with Crippen molar-refractivity contribution in [1.82, 2.24) is 15.1 Å². The lowest BCUT2D eigenvalue weighted by atomic mass is 10.1. The third-order valence-corrected chi connectivity index (χ3v) is 3.27. The summed E-state index contributed by atoms with van der Waals surface area (Å²) in [6.45, 7) is 6.05. The fraction of sp³-hybridized carbons (Fsp3) is 0.375. The Morgan fingerprint density at radius 1 is 1.23 bits per heavy atom. The summed E-state index contributed by atoms with van der Waals surface area (Å²) >= 11 is 0. The fourth-order valence-electron chi connectivity index (χ4n) is 2.31. The first-order chi connectivity index (χ1) is 10.3. The van der Waals surface area contributed by atoms with Gasteiger partial charge >= 0.3 is 0 Å². The number of hydrogen-bond acceptors (Lipinski definition) is 4. The SMILES string of the molecule is Cn1nc(C(=O)NC(C)(C)C)cc1-c1ccc2c(c1)OCO2. The van der Waals surface area contributed by atoms with Crippen molar-refractivity contribution in [2.24, 2.45) is 7.05 Å². The number of rotatable bonds is 2. The van der Waals surface area contributed by atoms with Gasteiger partial charge in [-0.3, -0.25) is 9.48 Å². The van der Waals surface area contributed by atoms with E-state index in [9.17, 15) is 4.79 Å². The van der Waals surface area contributed by atoms with Crippen molar-refractivity contribution in [3.05, 3.63) is 30.0 Å². The van der Waals surface area contributed by atoms with E-state index in [0.717, 1.165) is 17.0 Å². The molecule has 116 valence electrons. The molecular weight excluding hydrogens is 282 g/mol. The largest absolute Gasteiger partial charge is 0.454 e. The Kier molecular flexibility index (Phi) is 3.31. The molecule has 0 spiro atoms. The number of nitrogens with zero attached hydrogens (tertiary/aromatic N) is 2. The van der Waals surface area contributed by atoms with E-state index < -0.39 is 0 Å². The van der Waals surface area contributed by atoms with Crippen molar-refractivity contribution in [2.45, 2.75) is 26.3 Å². The van der Waals surface area contributed by atoms with Crippen molar-refractivity contribution in [3.63, 3.8) is 0 Å². The molecular formula is C16H19N3O3. The average molecular weight is 301 g/mol. The summed E-state index contributed by atoms with van der Waals surface area (Å²) in [6.07, 6.45) is 0. The molecule has 0 fully saturated rings. The molecule has 2 aromatic rings. The molecule has 1 aliphatic rings. The number of nitrogens with one attached hydrogen (secondary N) is 1. The Hall–Kier alpha value is -2.50. The molecule has 1 aromatic heterocycles. The first-order valence-electron chi connectivity index (χ1n) is 7.10. The average Bonchev–Trinajstić information content (AvgIpc) is 3.01. The van der Waals surface area contributed by atoms with Gasteiger partial charge in [0.15, 0.2) is 17.2 Å². The summed E-state index contributed by atoms with van der Waals surface area (Å²) < 4.78 is 12.4. The van der Waals surface area contributed by atoms with Crippen LogP contribution in [0.5, 0.6) is 11.5 Å². The van der Waals surface area contributed by atoms with Gasteiger partial charge in [-0.1, -0.05) is 0 Å². The van der Waals surface area contributed by atoms with E-state index in [1.807, 2.05) is 46.0 Å². The van der Waals surface area contributed by atoms with Crippen LogP contribution in [0.3, 0.4) is 0 Å². The van der Waals surface area contributed by atoms with Crippen molar-refractivity contribution in [1.29, 1.82) is 0 Å². The second kappa shape index (κ2) is 5.05. The van der Waals surface area contributed by atoms with Crippen LogP contribution in [-0.2, 0) is 7.05 Å². The number of aryl methyl sites for hydroxylation is 1. The number of fused-ring (bicyclic) bond motifs is 1. The first-order valence-corrected chi connectivity index (χ1v) is 7.10. The quantitative estimate of drug-likeness (QED) is 0.924. The third kappa shape index (κ3) is 2.77. The van der Waals surface area contributed by atoms with Crippen LogP contribution in [0.25, 0.3) is 11.3 Å². The molecule has 1 aliphatic heterocycles. The van der Waals surface area contributed by atoms with E-state index in [1.165, 1.54) is 0 Å². The number of benzene rings is 1. The highest BCUT2D eigenvalue weighted by Gasteiger charge is 2.20.